The van der Waals surface area contributed by atoms with E-state index in [9.17, 15) is 13.2 Å². The fraction of sp³-hybridized carbons (Fsp3) is 0.200. The van der Waals surface area contributed by atoms with Gasteiger partial charge >= 0.3 is 6.18 Å². The van der Waals surface area contributed by atoms with Gasteiger partial charge < -0.3 is 5.32 Å². The van der Waals surface area contributed by atoms with Gasteiger partial charge in [0.1, 0.15) is 0 Å². The maximum absolute atomic E-state index is 12.4. The van der Waals surface area contributed by atoms with E-state index < -0.39 is 11.7 Å². The molecule has 0 aliphatic carbocycles. The van der Waals surface area contributed by atoms with Crippen LogP contribution in [0.5, 0.6) is 0 Å². The van der Waals surface area contributed by atoms with Crippen LogP contribution in [0.4, 0.5) is 18.9 Å². The Kier molecular flexibility index (Phi) is 3.79. The molecule has 100 valence electrons. The summed E-state index contributed by atoms with van der Waals surface area (Å²) in [6.45, 7) is 2.60. The number of halogens is 3. The number of rotatable bonds is 3. The number of alkyl halides is 3. The average Bonchev–Trinajstić information content (AvgIpc) is 2.37. The Morgan fingerprint density at radius 2 is 1.47 bits per heavy atom. The smallest absolute Gasteiger partial charge is 0.381 e. The Labute approximate surface area is 110 Å². The molecule has 0 aromatic heterocycles. The molecule has 0 unspecified atom stereocenters. The molecule has 0 aliphatic rings. The van der Waals surface area contributed by atoms with Crippen LogP contribution in [-0.4, -0.2) is 0 Å². The van der Waals surface area contributed by atoms with Gasteiger partial charge in [-0.3, -0.25) is 0 Å². The molecule has 0 saturated carbocycles. The van der Waals surface area contributed by atoms with E-state index in [0.717, 1.165) is 17.7 Å². The molecule has 4 heteroatoms. The molecule has 1 N–H and O–H groups in total. The van der Waals surface area contributed by atoms with Gasteiger partial charge in [-0.05, 0) is 36.8 Å². The third-order valence-corrected chi connectivity index (χ3v) is 2.83. The van der Waals surface area contributed by atoms with E-state index in [1.807, 2.05) is 31.2 Å². The van der Waals surface area contributed by atoms with Gasteiger partial charge in [0.25, 0.3) is 0 Å². The zero-order valence-corrected chi connectivity index (χ0v) is 10.5. The number of hydrogen-bond donors (Lipinski definition) is 1. The molecule has 0 spiro atoms. The quantitative estimate of drug-likeness (QED) is 0.853. The van der Waals surface area contributed by atoms with Crippen molar-refractivity contribution >= 4 is 5.69 Å². The van der Waals surface area contributed by atoms with Crippen molar-refractivity contribution in [3.05, 3.63) is 65.2 Å². The van der Waals surface area contributed by atoms with Crippen LogP contribution < -0.4 is 5.32 Å². The van der Waals surface area contributed by atoms with Crippen LogP contribution in [0.2, 0.25) is 0 Å². The molecule has 0 saturated heterocycles. The van der Waals surface area contributed by atoms with Crippen molar-refractivity contribution < 1.29 is 13.2 Å². The highest BCUT2D eigenvalue weighted by Crippen LogP contribution is 2.29. The lowest BCUT2D eigenvalue weighted by Gasteiger charge is -2.09. The average molecular weight is 265 g/mol. The predicted octanol–water partition coefficient (Wildman–Crippen LogP) is 4.63. The number of anilines is 1. The van der Waals surface area contributed by atoms with Crippen LogP contribution in [0.15, 0.2) is 48.5 Å². The molecule has 0 fully saturated rings. The minimum absolute atomic E-state index is 0.589. The van der Waals surface area contributed by atoms with Crippen molar-refractivity contribution in [2.45, 2.75) is 19.6 Å². The Morgan fingerprint density at radius 3 is 2.00 bits per heavy atom. The van der Waals surface area contributed by atoms with Crippen molar-refractivity contribution in [3.63, 3.8) is 0 Å². The molecule has 0 heterocycles. The van der Waals surface area contributed by atoms with E-state index in [1.165, 1.54) is 17.7 Å². The standard InChI is InChI=1S/C15H14F3N/c1-11-2-4-12(5-3-11)10-19-14-8-6-13(7-9-14)15(16,17)18/h2-9,19H,10H2,1H3. The van der Waals surface area contributed by atoms with E-state index >= 15 is 0 Å². The monoisotopic (exact) mass is 265 g/mol. The summed E-state index contributed by atoms with van der Waals surface area (Å²) in [6, 6.07) is 13.0. The highest BCUT2D eigenvalue weighted by atomic mass is 19.4. The number of hydrogen-bond acceptors (Lipinski definition) is 1. The van der Waals surface area contributed by atoms with E-state index in [1.54, 1.807) is 0 Å². The minimum atomic E-state index is -4.28. The summed E-state index contributed by atoms with van der Waals surface area (Å²) in [4.78, 5) is 0. The predicted molar refractivity (Wildman–Crippen MR) is 69.9 cm³/mol. The van der Waals surface area contributed by atoms with Crippen LogP contribution >= 0.6 is 0 Å². The zero-order chi connectivity index (χ0) is 13.9. The SMILES string of the molecule is Cc1ccc(CNc2ccc(C(F)(F)F)cc2)cc1. The van der Waals surface area contributed by atoms with Gasteiger partial charge in [-0.1, -0.05) is 29.8 Å². The summed E-state index contributed by atoms with van der Waals surface area (Å²) in [6.07, 6.45) is -4.28. The molecule has 1 nitrogen and oxygen atoms in total. The first-order valence-corrected chi connectivity index (χ1v) is 5.92. The highest BCUT2D eigenvalue weighted by molar-refractivity contribution is 5.45. The summed E-state index contributed by atoms with van der Waals surface area (Å²) in [5.74, 6) is 0. The zero-order valence-electron chi connectivity index (χ0n) is 10.5. The van der Waals surface area contributed by atoms with Gasteiger partial charge in [-0.15, -0.1) is 0 Å². The van der Waals surface area contributed by atoms with E-state index in [4.69, 9.17) is 0 Å². The first-order valence-electron chi connectivity index (χ1n) is 5.92. The van der Waals surface area contributed by atoms with Crippen molar-refractivity contribution in [1.29, 1.82) is 0 Å². The highest BCUT2D eigenvalue weighted by Gasteiger charge is 2.29. The molecular weight excluding hydrogens is 251 g/mol. The Hall–Kier alpha value is -1.97. The molecule has 0 aliphatic heterocycles. The first kappa shape index (κ1) is 13.5. The summed E-state index contributed by atoms with van der Waals surface area (Å²) in [7, 11) is 0. The van der Waals surface area contributed by atoms with Crippen LogP contribution in [0.25, 0.3) is 0 Å². The van der Waals surface area contributed by atoms with E-state index in [2.05, 4.69) is 5.32 Å². The second kappa shape index (κ2) is 5.34. The molecule has 0 bridgehead atoms. The third-order valence-electron chi connectivity index (χ3n) is 2.83. The molecule has 2 aromatic rings. The van der Waals surface area contributed by atoms with E-state index in [-0.39, 0.29) is 0 Å². The molecular formula is C15H14F3N. The van der Waals surface area contributed by atoms with Gasteiger partial charge in [0.05, 0.1) is 5.56 Å². The Balaban J connectivity index is 1.98. The van der Waals surface area contributed by atoms with Gasteiger partial charge in [0, 0.05) is 12.2 Å². The fourth-order valence-corrected chi connectivity index (χ4v) is 1.69. The number of nitrogens with one attached hydrogen (secondary N) is 1. The van der Waals surface area contributed by atoms with Gasteiger partial charge in [-0.25, -0.2) is 0 Å². The van der Waals surface area contributed by atoms with Crippen LogP contribution in [0.3, 0.4) is 0 Å². The molecule has 0 amide bonds. The van der Waals surface area contributed by atoms with Crippen molar-refractivity contribution in [2.75, 3.05) is 5.32 Å². The first-order chi connectivity index (χ1) is 8.95. The second-order valence-corrected chi connectivity index (χ2v) is 4.41. The van der Waals surface area contributed by atoms with E-state index in [0.29, 0.717) is 12.2 Å². The maximum Gasteiger partial charge on any atom is 0.416 e. The largest absolute Gasteiger partial charge is 0.416 e. The molecule has 0 radical (unpaired) electrons. The number of benzene rings is 2. The lowest BCUT2D eigenvalue weighted by molar-refractivity contribution is -0.137. The van der Waals surface area contributed by atoms with Crippen molar-refractivity contribution in [1.82, 2.24) is 0 Å². The van der Waals surface area contributed by atoms with Gasteiger partial charge in [0.15, 0.2) is 0 Å². The van der Waals surface area contributed by atoms with Gasteiger partial charge in [-0.2, -0.15) is 13.2 Å². The second-order valence-electron chi connectivity index (χ2n) is 4.41. The maximum atomic E-state index is 12.4. The Morgan fingerprint density at radius 1 is 0.895 bits per heavy atom. The molecule has 0 atom stereocenters. The topological polar surface area (TPSA) is 12.0 Å². The van der Waals surface area contributed by atoms with Gasteiger partial charge in [0.2, 0.25) is 0 Å². The van der Waals surface area contributed by atoms with Crippen LogP contribution in [0, 0.1) is 6.92 Å². The summed E-state index contributed by atoms with van der Waals surface area (Å²) < 4.78 is 37.2. The van der Waals surface area contributed by atoms with Crippen LogP contribution in [-0.2, 0) is 12.7 Å². The lowest BCUT2D eigenvalue weighted by Crippen LogP contribution is -2.05. The minimum Gasteiger partial charge on any atom is -0.381 e. The van der Waals surface area contributed by atoms with Crippen molar-refractivity contribution in [3.8, 4) is 0 Å². The molecule has 2 aromatic carbocycles. The molecule has 19 heavy (non-hydrogen) atoms. The lowest BCUT2D eigenvalue weighted by atomic mass is 10.1. The summed E-state index contributed by atoms with van der Waals surface area (Å²) in [5.41, 5.74) is 2.31. The van der Waals surface area contributed by atoms with Crippen LogP contribution in [0.1, 0.15) is 16.7 Å². The molecule has 2 rings (SSSR count). The summed E-state index contributed by atoms with van der Waals surface area (Å²) >= 11 is 0. The fourth-order valence-electron chi connectivity index (χ4n) is 1.69. The Bertz CT molecular complexity index is 527. The third kappa shape index (κ3) is 3.74. The van der Waals surface area contributed by atoms with Crippen molar-refractivity contribution in [2.24, 2.45) is 0 Å². The normalized spacial score (nSPS) is 11.4. The summed E-state index contributed by atoms with van der Waals surface area (Å²) in [5, 5.41) is 3.09. The number of aryl methyl sites for hydroxylation is 1.